The van der Waals surface area contributed by atoms with E-state index in [0.29, 0.717) is 0 Å². The molecule has 0 unspecified atom stereocenters. The first-order valence-corrected chi connectivity index (χ1v) is 5.47. The van der Waals surface area contributed by atoms with E-state index in [0.717, 1.165) is 27.6 Å². The molecule has 4 rings (SSSR count). The molecule has 0 spiro atoms. The monoisotopic (exact) mass is 218 g/mol. The first-order valence-electron chi connectivity index (χ1n) is 5.47. The number of benzene rings is 2. The zero-order valence-corrected chi connectivity index (χ0v) is 8.96. The van der Waals surface area contributed by atoms with E-state index < -0.39 is 0 Å². The minimum atomic E-state index is 0.914. The van der Waals surface area contributed by atoms with Gasteiger partial charge in [-0.2, -0.15) is 0 Å². The summed E-state index contributed by atoms with van der Waals surface area (Å²) in [5.74, 6) is 0. The predicted octanol–water partition coefficient (Wildman–Crippen LogP) is 2.84. The third kappa shape index (κ3) is 1.11. The van der Waals surface area contributed by atoms with E-state index in [2.05, 4.69) is 16.3 Å². The molecule has 0 atom stereocenters. The van der Waals surface area contributed by atoms with Gasteiger partial charge >= 0.3 is 0 Å². The second kappa shape index (κ2) is 3.04. The predicted molar refractivity (Wildman–Crippen MR) is 66.8 cm³/mol. The summed E-state index contributed by atoms with van der Waals surface area (Å²) < 4.78 is 1.91. The smallest absolute Gasteiger partial charge is 0.183 e. The summed E-state index contributed by atoms with van der Waals surface area (Å²) in [7, 11) is 0. The normalized spacial score (nSPS) is 11.5. The van der Waals surface area contributed by atoms with Crippen molar-refractivity contribution in [2.45, 2.75) is 0 Å². The molecular weight excluding hydrogens is 210 g/mol. The lowest BCUT2D eigenvalue weighted by atomic mass is 10.2. The van der Waals surface area contributed by atoms with Crippen LogP contribution in [0.15, 0.2) is 48.5 Å². The molecule has 79 valence electrons. The van der Waals surface area contributed by atoms with Gasteiger partial charge in [0.05, 0.1) is 16.6 Å². The second-order valence-electron chi connectivity index (χ2n) is 3.99. The van der Waals surface area contributed by atoms with E-state index in [1.807, 2.05) is 52.9 Å². The average molecular weight is 218 g/mol. The summed E-state index contributed by atoms with van der Waals surface area (Å²) >= 11 is 0. The summed E-state index contributed by atoms with van der Waals surface area (Å²) in [5.41, 5.74) is 3.86. The largest absolute Gasteiger partial charge is 0.273 e. The number of nitrogens with zero attached hydrogens (tertiary/aromatic N) is 3. The van der Waals surface area contributed by atoms with Crippen molar-refractivity contribution in [1.82, 2.24) is 14.4 Å². The highest BCUT2D eigenvalue weighted by molar-refractivity contribution is 5.95. The highest BCUT2D eigenvalue weighted by atomic mass is 15.0. The fraction of sp³-hybridized carbons (Fsp3) is 0. The molecule has 0 N–H and O–H groups in total. The Balaban J connectivity index is 2.34. The topological polar surface area (TPSA) is 30.2 Å². The van der Waals surface area contributed by atoms with Crippen LogP contribution in [0.1, 0.15) is 0 Å². The molecule has 0 aliphatic heterocycles. The molecule has 0 saturated carbocycles. The molecule has 2 heterocycles. The summed E-state index contributed by atoms with van der Waals surface area (Å²) in [5, 5.41) is 1.06. The highest BCUT2D eigenvalue weighted by Gasteiger charge is 2.07. The SMILES string of the molecule is [c]1nc2ccccc2c2nc3ccccc3n12. The molecule has 2 aromatic carbocycles. The Morgan fingerprint density at radius 2 is 1.65 bits per heavy atom. The van der Waals surface area contributed by atoms with Crippen LogP contribution in [0.4, 0.5) is 0 Å². The summed E-state index contributed by atoms with van der Waals surface area (Å²) in [6, 6.07) is 16.0. The number of hydrogen-bond acceptors (Lipinski definition) is 2. The molecule has 0 fully saturated rings. The van der Waals surface area contributed by atoms with E-state index in [4.69, 9.17) is 0 Å². The van der Waals surface area contributed by atoms with Gasteiger partial charge in [0.1, 0.15) is 5.65 Å². The minimum Gasteiger partial charge on any atom is -0.273 e. The maximum atomic E-state index is 4.64. The zero-order valence-electron chi connectivity index (χ0n) is 8.96. The summed E-state index contributed by atoms with van der Waals surface area (Å²) in [4.78, 5) is 8.96. The van der Waals surface area contributed by atoms with Gasteiger partial charge in [-0.15, -0.1) is 0 Å². The van der Waals surface area contributed by atoms with Gasteiger partial charge in [-0.05, 0) is 24.3 Å². The van der Waals surface area contributed by atoms with Gasteiger partial charge in [0.2, 0.25) is 0 Å². The van der Waals surface area contributed by atoms with Gasteiger partial charge in [-0.3, -0.25) is 4.40 Å². The van der Waals surface area contributed by atoms with Crippen LogP contribution in [0.5, 0.6) is 0 Å². The quantitative estimate of drug-likeness (QED) is 0.454. The maximum absolute atomic E-state index is 4.64. The van der Waals surface area contributed by atoms with E-state index in [9.17, 15) is 0 Å². The Morgan fingerprint density at radius 3 is 2.59 bits per heavy atom. The maximum Gasteiger partial charge on any atom is 0.183 e. The number of rotatable bonds is 0. The van der Waals surface area contributed by atoms with Crippen LogP contribution < -0.4 is 0 Å². The van der Waals surface area contributed by atoms with Crippen LogP contribution in [0.2, 0.25) is 0 Å². The Kier molecular flexibility index (Phi) is 1.56. The van der Waals surface area contributed by atoms with E-state index in [1.165, 1.54) is 0 Å². The molecular formula is C14H8N3. The number of hydrogen-bond donors (Lipinski definition) is 0. The molecule has 3 heteroatoms. The molecule has 0 amide bonds. The van der Waals surface area contributed by atoms with Crippen LogP contribution >= 0.6 is 0 Å². The standard InChI is InChI=1S/C14H8N3/c1-2-6-11-10(5-1)14-16-12-7-3-4-8-13(12)17(14)9-15-11/h1-8H. The van der Waals surface area contributed by atoms with Crippen LogP contribution in [0.25, 0.3) is 27.6 Å². The van der Waals surface area contributed by atoms with Gasteiger partial charge in [-0.25, -0.2) is 9.97 Å². The van der Waals surface area contributed by atoms with Gasteiger partial charge in [0, 0.05) is 5.39 Å². The van der Waals surface area contributed by atoms with Gasteiger partial charge in [0.15, 0.2) is 6.33 Å². The number of para-hydroxylation sites is 3. The Labute approximate surface area is 97.4 Å². The Bertz CT molecular complexity index is 846. The third-order valence-electron chi connectivity index (χ3n) is 2.98. The minimum absolute atomic E-state index is 0.914. The van der Waals surface area contributed by atoms with E-state index in [1.54, 1.807) is 0 Å². The van der Waals surface area contributed by atoms with Crippen molar-refractivity contribution in [2.24, 2.45) is 0 Å². The molecule has 0 aliphatic rings. The van der Waals surface area contributed by atoms with E-state index >= 15 is 0 Å². The van der Waals surface area contributed by atoms with Crippen LogP contribution in [-0.2, 0) is 0 Å². The molecule has 4 aromatic rings. The zero-order chi connectivity index (χ0) is 11.2. The first kappa shape index (κ1) is 8.70. The van der Waals surface area contributed by atoms with Crippen molar-refractivity contribution in [2.75, 3.05) is 0 Å². The summed E-state index contributed by atoms with van der Waals surface area (Å²) in [6.45, 7) is 0. The lowest BCUT2D eigenvalue weighted by molar-refractivity contribution is 1.13. The molecule has 17 heavy (non-hydrogen) atoms. The molecule has 1 radical (unpaired) electrons. The first-order chi connectivity index (χ1) is 8.43. The molecule has 0 saturated heterocycles. The van der Waals surface area contributed by atoms with Crippen LogP contribution in [0.3, 0.4) is 0 Å². The van der Waals surface area contributed by atoms with Crippen LogP contribution in [-0.4, -0.2) is 14.4 Å². The number of imidazole rings is 1. The van der Waals surface area contributed by atoms with Gasteiger partial charge in [-0.1, -0.05) is 24.3 Å². The highest BCUT2D eigenvalue weighted by Crippen LogP contribution is 2.21. The molecule has 0 aliphatic carbocycles. The van der Waals surface area contributed by atoms with E-state index in [-0.39, 0.29) is 0 Å². The molecule has 0 bridgehead atoms. The van der Waals surface area contributed by atoms with Crippen molar-refractivity contribution < 1.29 is 0 Å². The van der Waals surface area contributed by atoms with Gasteiger partial charge in [0.25, 0.3) is 0 Å². The number of aromatic nitrogens is 3. The third-order valence-corrected chi connectivity index (χ3v) is 2.98. The Morgan fingerprint density at radius 1 is 0.882 bits per heavy atom. The van der Waals surface area contributed by atoms with Gasteiger partial charge < -0.3 is 0 Å². The van der Waals surface area contributed by atoms with Crippen molar-refractivity contribution in [1.29, 1.82) is 0 Å². The molecule has 2 aromatic heterocycles. The van der Waals surface area contributed by atoms with Crippen LogP contribution in [0, 0.1) is 6.33 Å². The van der Waals surface area contributed by atoms with Crippen molar-refractivity contribution >= 4 is 27.6 Å². The van der Waals surface area contributed by atoms with Crippen molar-refractivity contribution in [3.63, 3.8) is 0 Å². The second-order valence-corrected chi connectivity index (χ2v) is 3.99. The fourth-order valence-corrected chi connectivity index (χ4v) is 2.17. The number of fused-ring (bicyclic) bond motifs is 5. The average Bonchev–Trinajstić information content (AvgIpc) is 2.78. The van der Waals surface area contributed by atoms with Crippen molar-refractivity contribution in [3.05, 3.63) is 54.9 Å². The van der Waals surface area contributed by atoms with Crippen molar-refractivity contribution in [3.8, 4) is 0 Å². The lowest BCUT2D eigenvalue weighted by Crippen LogP contribution is -1.89. The Hall–Kier alpha value is -2.42. The summed E-state index contributed by atoms with van der Waals surface area (Å²) in [6.07, 6.45) is 3.02. The molecule has 3 nitrogen and oxygen atoms in total. The fourth-order valence-electron chi connectivity index (χ4n) is 2.17. The lowest BCUT2D eigenvalue weighted by Gasteiger charge is -1.98.